The number of para-hydroxylation sites is 1. The Balaban J connectivity index is 2.33. The first-order valence-electron chi connectivity index (χ1n) is 6.23. The average molecular weight is 249 g/mol. The average Bonchev–Trinajstić information content (AvgIpc) is 2.32. The maximum absolute atomic E-state index is 11.7. The molecule has 0 radical (unpaired) electrons. The molecule has 1 amide bonds. The summed E-state index contributed by atoms with van der Waals surface area (Å²) in [6.45, 7) is 5.24. The first-order chi connectivity index (χ1) is 8.50. The molecule has 1 rings (SSSR count). The van der Waals surface area contributed by atoms with Gasteiger partial charge in [-0.15, -0.1) is 0 Å². The van der Waals surface area contributed by atoms with Gasteiger partial charge in [-0.05, 0) is 39.6 Å². The molecule has 2 N–H and O–H groups in total. The third-order valence-corrected chi connectivity index (χ3v) is 3.03. The highest BCUT2D eigenvalue weighted by atomic mass is 16.1. The lowest BCUT2D eigenvalue weighted by Crippen LogP contribution is -2.38. The summed E-state index contributed by atoms with van der Waals surface area (Å²) < 4.78 is 0. The maximum Gasteiger partial charge on any atom is 0.238 e. The van der Waals surface area contributed by atoms with Crippen molar-refractivity contribution in [3.05, 3.63) is 29.8 Å². The largest absolute Gasteiger partial charge is 0.325 e. The first-order valence-corrected chi connectivity index (χ1v) is 6.23. The predicted octanol–water partition coefficient (Wildman–Crippen LogP) is 1.47. The van der Waals surface area contributed by atoms with E-state index >= 15 is 0 Å². The van der Waals surface area contributed by atoms with Gasteiger partial charge < -0.3 is 15.5 Å². The molecule has 0 aromatic heterocycles. The molecule has 0 fully saturated rings. The summed E-state index contributed by atoms with van der Waals surface area (Å²) in [5.41, 5.74) is 1.96. The van der Waals surface area contributed by atoms with Crippen molar-refractivity contribution in [3.8, 4) is 0 Å². The van der Waals surface area contributed by atoms with Gasteiger partial charge in [0.05, 0.1) is 6.54 Å². The molecule has 0 aliphatic rings. The van der Waals surface area contributed by atoms with Crippen molar-refractivity contribution in [2.75, 3.05) is 32.5 Å². The molecule has 0 heterocycles. The molecule has 0 bridgehead atoms. The van der Waals surface area contributed by atoms with E-state index in [2.05, 4.69) is 22.5 Å². The van der Waals surface area contributed by atoms with Crippen molar-refractivity contribution < 1.29 is 4.79 Å². The third-order valence-electron chi connectivity index (χ3n) is 3.03. The van der Waals surface area contributed by atoms with Gasteiger partial charge in [-0.1, -0.05) is 18.2 Å². The molecule has 100 valence electrons. The SMILES string of the molecule is Cc1ccccc1NC(=O)CNCC(C)N(C)C. The third kappa shape index (κ3) is 4.85. The van der Waals surface area contributed by atoms with Crippen LogP contribution in [0, 0.1) is 6.92 Å². The quantitative estimate of drug-likeness (QED) is 0.802. The Bertz CT molecular complexity index is 390. The molecule has 0 spiro atoms. The standard InChI is InChI=1S/C14H23N3O/c1-11-7-5-6-8-13(11)16-14(18)10-15-9-12(2)17(3)4/h5-8,12,15H,9-10H2,1-4H3,(H,16,18). The van der Waals surface area contributed by atoms with Gasteiger partial charge in [-0.3, -0.25) is 4.79 Å². The molecule has 0 saturated heterocycles. The number of amides is 1. The molecule has 0 aliphatic heterocycles. The summed E-state index contributed by atoms with van der Waals surface area (Å²) in [5.74, 6) is -0.00439. The van der Waals surface area contributed by atoms with Crippen LogP contribution in [0.5, 0.6) is 0 Å². The van der Waals surface area contributed by atoms with Gasteiger partial charge in [0.1, 0.15) is 0 Å². The summed E-state index contributed by atoms with van der Waals surface area (Å²) in [6, 6.07) is 8.19. The van der Waals surface area contributed by atoms with E-state index in [-0.39, 0.29) is 5.91 Å². The molecule has 1 aromatic carbocycles. The highest BCUT2D eigenvalue weighted by molar-refractivity contribution is 5.92. The lowest BCUT2D eigenvalue weighted by atomic mass is 10.2. The Morgan fingerprint density at radius 2 is 2.00 bits per heavy atom. The predicted molar refractivity (Wildman–Crippen MR) is 75.8 cm³/mol. The summed E-state index contributed by atoms with van der Waals surface area (Å²) in [5, 5.41) is 6.05. The monoisotopic (exact) mass is 249 g/mol. The van der Waals surface area contributed by atoms with Crippen LogP contribution in [-0.2, 0) is 4.79 Å². The van der Waals surface area contributed by atoms with Gasteiger partial charge in [0.15, 0.2) is 0 Å². The van der Waals surface area contributed by atoms with Crippen molar-refractivity contribution in [3.63, 3.8) is 0 Å². The normalized spacial score (nSPS) is 12.5. The molecule has 1 atom stereocenters. The van der Waals surface area contributed by atoms with Crippen LogP contribution in [0.1, 0.15) is 12.5 Å². The Hall–Kier alpha value is -1.39. The second-order valence-corrected chi connectivity index (χ2v) is 4.81. The fraction of sp³-hybridized carbons (Fsp3) is 0.500. The number of rotatable bonds is 6. The minimum atomic E-state index is -0.00439. The Kier molecular flexibility index (Phi) is 5.82. The van der Waals surface area contributed by atoms with Gasteiger partial charge in [-0.25, -0.2) is 0 Å². The van der Waals surface area contributed by atoms with Crippen molar-refractivity contribution in [2.45, 2.75) is 19.9 Å². The minimum Gasteiger partial charge on any atom is -0.325 e. The van der Waals surface area contributed by atoms with Crippen LogP contribution in [0.2, 0.25) is 0 Å². The number of carbonyl (C=O) groups excluding carboxylic acids is 1. The van der Waals surface area contributed by atoms with Crippen molar-refractivity contribution in [1.82, 2.24) is 10.2 Å². The lowest BCUT2D eigenvalue weighted by Gasteiger charge is -2.19. The number of hydrogen-bond acceptors (Lipinski definition) is 3. The van der Waals surface area contributed by atoms with E-state index in [4.69, 9.17) is 0 Å². The molecule has 18 heavy (non-hydrogen) atoms. The van der Waals surface area contributed by atoms with Crippen molar-refractivity contribution in [1.29, 1.82) is 0 Å². The van der Waals surface area contributed by atoms with Gasteiger partial charge >= 0.3 is 0 Å². The Labute approximate surface area is 109 Å². The van der Waals surface area contributed by atoms with Gasteiger partial charge in [0, 0.05) is 18.3 Å². The number of likely N-dealkylation sites (N-methyl/N-ethyl adjacent to an activating group) is 1. The summed E-state index contributed by atoms with van der Waals surface area (Å²) in [7, 11) is 4.06. The fourth-order valence-electron chi connectivity index (χ4n) is 1.48. The first kappa shape index (κ1) is 14.7. The van der Waals surface area contributed by atoms with Crippen LogP contribution in [0.4, 0.5) is 5.69 Å². The topological polar surface area (TPSA) is 44.4 Å². The molecule has 1 aromatic rings. The number of anilines is 1. The van der Waals surface area contributed by atoms with Gasteiger partial charge in [0.25, 0.3) is 0 Å². The zero-order valence-corrected chi connectivity index (χ0v) is 11.7. The summed E-state index contributed by atoms with van der Waals surface area (Å²) in [6.07, 6.45) is 0. The van der Waals surface area contributed by atoms with Crippen molar-refractivity contribution in [2.24, 2.45) is 0 Å². The molecule has 0 saturated carbocycles. The molecular formula is C14H23N3O. The maximum atomic E-state index is 11.7. The van der Waals surface area contributed by atoms with E-state index < -0.39 is 0 Å². The highest BCUT2D eigenvalue weighted by Gasteiger charge is 2.06. The second kappa shape index (κ2) is 7.13. The second-order valence-electron chi connectivity index (χ2n) is 4.81. The molecule has 4 heteroatoms. The van der Waals surface area contributed by atoms with Crippen LogP contribution in [0.15, 0.2) is 24.3 Å². The zero-order chi connectivity index (χ0) is 13.5. The van der Waals surface area contributed by atoms with E-state index in [0.717, 1.165) is 17.8 Å². The minimum absolute atomic E-state index is 0.00439. The summed E-state index contributed by atoms with van der Waals surface area (Å²) >= 11 is 0. The molecule has 0 aliphatic carbocycles. The highest BCUT2D eigenvalue weighted by Crippen LogP contribution is 2.12. The Morgan fingerprint density at radius 1 is 1.33 bits per heavy atom. The summed E-state index contributed by atoms with van der Waals surface area (Å²) in [4.78, 5) is 13.8. The smallest absolute Gasteiger partial charge is 0.238 e. The van der Waals surface area contributed by atoms with Crippen molar-refractivity contribution >= 4 is 11.6 Å². The van der Waals surface area contributed by atoms with Gasteiger partial charge in [-0.2, -0.15) is 0 Å². The van der Waals surface area contributed by atoms with Crippen LogP contribution in [0.3, 0.4) is 0 Å². The molecule has 4 nitrogen and oxygen atoms in total. The lowest BCUT2D eigenvalue weighted by molar-refractivity contribution is -0.115. The van der Waals surface area contributed by atoms with E-state index in [1.54, 1.807) is 0 Å². The number of hydrogen-bond donors (Lipinski definition) is 2. The van der Waals surface area contributed by atoms with Gasteiger partial charge in [0.2, 0.25) is 5.91 Å². The van der Waals surface area contributed by atoms with E-state index in [1.165, 1.54) is 0 Å². The van der Waals surface area contributed by atoms with Crippen LogP contribution >= 0.6 is 0 Å². The van der Waals surface area contributed by atoms with E-state index in [1.807, 2.05) is 45.3 Å². The van der Waals surface area contributed by atoms with Crippen LogP contribution in [-0.4, -0.2) is 44.0 Å². The molecular weight excluding hydrogens is 226 g/mol. The number of aryl methyl sites for hydroxylation is 1. The number of nitrogens with one attached hydrogen (secondary N) is 2. The Morgan fingerprint density at radius 3 is 2.61 bits per heavy atom. The molecule has 1 unspecified atom stereocenters. The van der Waals surface area contributed by atoms with E-state index in [0.29, 0.717) is 12.6 Å². The fourth-order valence-corrected chi connectivity index (χ4v) is 1.48. The number of benzene rings is 1. The number of nitrogens with zero attached hydrogens (tertiary/aromatic N) is 1. The number of carbonyl (C=O) groups is 1. The van der Waals surface area contributed by atoms with Crippen LogP contribution in [0.25, 0.3) is 0 Å². The van der Waals surface area contributed by atoms with E-state index in [9.17, 15) is 4.79 Å². The zero-order valence-electron chi connectivity index (χ0n) is 11.7. The van der Waals surface area contributed by atoms with Crippen LogP contribution < -0.4 is 10.6 Å².